The molecule has 3 nitrogen and oxygen atoms in total. The molecule has 0 saturated carbocycles. The van der Waals surface area contributed by atoms with Gasteiger partial charge in [-0.3, -0.25) is 0 Å². The SMILES string of the molecule is CCc1cc(OC)ccc1C(N)CN. The minimum absolute atomic E-state index is 0.0733. The van der Waals surface area contributed by atoms with Gasteiger partial charge in [0.2, 0.25) is 0 Å². The Kier molecular flexibility index (Phi) is 3.92. The van der Waals surface area contributed by atoms with E-state index in [0.29, 0.717) is 6.54 Å². The van der Waals surface area contributed by atoms with Gasteiger partial charge in [0.25, 0.3) is 0 Å². The van der Waals surface area contributed by atoms with Crippen LogP contribution in [0, 0.1) is 0 Å². The average Bonchev–Trinajstić information content (AvgIpc) is 2.27. The van der Waals surface area contributed by atoms with Crippen LogP contribution in [0.5, 0.6) is 5.75 Å². The standard InChI is InChI=1S/C11H18N2O/c1-3-8-6-9(14-2)4-5-10(8)11(13)7-12/h4-6,11H,3,7,12-13H2,1-2H3. The first-order chi connectivity index (χ1) is 6.72. The monoisotopic (exact) mass is 194 g/mol. The van der Waals surface area contributed by atoms with E-state index in [-0.39, 0.29) is 6.04 Å². The minimum Gasteiger partial charge on any atom is -0.497 e. The zero-order valence-electron chi connectivity index (χ0n) is 8.79. The molecular formula is C11H18N2O. The number of nitrogens with two attached hydrogens (primary N) is 2. The van der Waals surface area contributed by atoms with Gasteiger partial charge in [-0.1, -0.05) is 13.0 Å². The number of ether oxygens (including phenoxy) is 1. The van der Waals surface area contributed by atoms with Crippen LogP contribution in [-0.4, -0.2) is 13.7 Å². The molecule has 0 aliphatic heterocycles. The van der Waals surface area contributed by atoms with E-state index in [0.717, 1.165) is 17.7 Å². The molecule has 3 heteroatoms. The van der Waals surface area contributed by atoms with E-state index in [4.69, 9.17) is 16.2 Å². The summed E-state index contributed by atoms with van der Waals surface area (Å²) in [5.41, 5.74) is 13.8. The molecule has 0 amide bonds. The van der Waals surface area contributed by atoms with Gasteiger partial charge in [0, 0.05) is 12.6 Å². The minimum atomic E-state index is -0.0733. The van der Waals surface area contributed by atoms with E-state index in [1.54, 1.807) is 7.11 Å². The molecule has 1 atom stereocenters. The Morgan fingerprint density at radius 3 is 2.64 bits per heavy atom. The molecule has 78 valence electrons. The molecule has 0 aliphatic carbocycles. The maximum absolute atomic E-state index is 5.90. The predicted molar refractivity (Wildman–Crippen MR) is 58.4 cm³/mol. The Labute approximate surface area is 85.0 Å². The first-order valence-corrected chi connectivity index (χ1v) is 4.85. The summed E-state index contributed by atoms with van der Waals surface area (Å²) < 4.78 is 5.15. The highest BCUT2D eigenvalue weighted by atomic mass is 16.5. The molecule has 1 unspecified atom stereocenters. The van der Waals surface area contributed by atoms with E-state index in [1.807, 2.05) is 18.2 Å². The van der Waals surface area contributed by atoms with Gasteiger partial charge in [-0.15, -0.1) is 0 Å². The summed E-state index contributed by atoms with van der Waals surface area (Å²) >= 11 is 0. The first kappa shape index (κ1) is 11.0. The molecular weight excluding hydrogens is 176 g/mol. The molecule has 1 rings (SSSR count). The Hall–Kier alpha value is -1.06. The van der Waals surface area contributed by atoms with Crippen LogP contribution in [0.2, 0.25) is 0 Å². The smallest absolute Gasteiger partial charge is 0.119 e. The number of rotatable bonds is 4. The van der Waals surface area contributed by atoms with Crippen molar-refractivity contribution in [3.05, 3.63) is 29.3 Å². The lowest BCUT2D eigenvalue weighted by atomic mass is 9.99. The highest BCUT2D eigenvalue weighted by molar-refractivity contribution is 5.37. The van der Waals surface area contributed by atoms with Crippen molar-refractivity contribution in [3.8, 4) is 5.75 Å². The highest BCUT2D eigenvalue weighted by Gasteiger charge is 2.09. The number of methoxy groups -OCH3 is 1. The van der Waals surface area contributed by atoms with Gasteiger partial charge in [-0.05, 0) is 29.7 Å². The molecule has 0 aliphatic rings. The van der Waals surface area contributed by atoms with Gasteiger partial charge in [-0.2, -0.15) is 0 Å². The van der Waals surface area contributed by atoms with Crippen molar-refractivity contribution >= 4 is 0 Å². The lowest BCUT2D eigenvalue weighted by Crippen LogP contribution is -2.22. The summed E-state index contributed by atoms with van der Waals surface area (Å²) in [4.78, 5) is 0. The Morgan fingerprint density at radius 1 is 1.43 bits per heavy atom. The zero-order chi connectivity index (χ0) is 10.6. The Balaban J connectivity index is 3.04. The molecule has 1 aromatic carbocycles. The van der Waals surface area contributed by atoms with Gasteiger partial charge in [0.05, 0.1) is 7.11 Å². The third-order valence-corrected chi connectivity index (χ3v) is 2.38. The van der Waals surface area contributed by atoms with E-state index in [9.17, 15) is 0 Å². The summed E-state index contributed by atoms with van der Waals surface area (Å²) in [6.45, 7) is 2.57. The topological polar surface area (TPSA) is 61.3 Å². The van der Waals surface area contributed by atoms with Crippen LogP contribution in [0.3, 0.4) is 0 Å². The van der Waals surface area contributed by atoms with Crippen LogP contribution in [0.4, 0.5) is 0 Å². The molecule has 0 fully saturated rings. The highest BCUT2D eigenvalue weighted by Crippen LogP contribution is 2.21. The van der Waals surface area contributed by atoms with Crippen LogP contribution < -0.4 is 16.2 Å². The second-order valence-corrected chi connectivity index (χ2v) is 3.26. The van der Waals surface area contributed by atoms with Crippen molar-refractivity contribution in [1.82, 2.24) is 0 Å². The van der Waals surface area contributed by atoms with Gasteiger partial charge >= 0.3 is 0 Å². The largest absolute Gasteiger partial charge is 0.497 e. The summed E-state index contributed by atoms with van der Waals surface area (Å²) in [7, 11) is 1.66. The van der Waals surface area contributed by atoms with Crippen molar-refractivity contribution in [2.45, 2.75) is 19.4 Å². The summed E-state index contributed by atoms with van der Waals surface area (Å²) in [6, 6.07) is 5.86. The van der Waals surface area contributed by atoms with Crippen LogP contribution in [0.25, 0.3) is 0 Å². The van der Waals surface area contributed by atoms with Crippen molar-refractivity contribution < 1.29 is 4.74 Å². The van der Waals surface area contributed by atoms with Crippen LogP contribution in [-0.2, 0) is 6.42 Å². The number of hydrogen-bond donors (Lipinski definition) is 2. The molecule has 14 heavy (non-hydrogen) atoms. The van der Waals surface area contributed by atoms with E-state index < -0.39 is 0 Å². The molecule has 0 saturated heterocycles. The third-order valence-electron chi connectivity index (χ3n) is 2.38. The fourth-order valence-electron chi connectivity index (χ4n) is 1.50. The van der Waals surface area contributed by atoms with Crippen molar-refractivity contribution in [2.75, 3.05) is 13.7 Å². The van der Waals surface area contributed by atoms with E-state index in [1.165, 1.54) is 5.56 Å². The molecule has 0 aromatic heterocycles. The van der Waals surface area contributed by atoms with Crippen LogP contribution in [0.1, 0.15) is 24.1 Å². The van der Waals surface area contributed by atoms with Gasteiger partial charge in [-0.25, -0.2) is 0 Å². The zero-order valence-corrected chi connectivity index (χ0v) is 8.79. The van der Waals surface area contributed by atoms with E-state index in [2.05, 4.69) is 6.92 Å². The second kappa shape index (κ2) is 4.98. The second-order valence-electron chi connectivity index (χ2n) is 3.26. The van der Waals surface area contributed by atoms with Crippen molar-refractivity contribution in [1.29, 1.82) is 0 Å². The molecule has 0 radical (unpaired) electrons. The predicted octanol–water partition coefficient (Wildman–Crippen LogP) is 1.22. The quantitative estimate of drug-likeness (QED) is 0.757. The van der Waals surface area contributed by atoms with Crippen molar-refractivity contribution in [2.24, 2.45) is 11.5 Å². The van der Waals surface area contributed by atoms with Crippen LogP contribution in [0.15, 0.2) is 18.2 Å². The molecule has 4 N–H and O–H groups in total. The summed E-state index contributed by atoms with van der Waals surface area (Å²) in [5.74, 6) is 0.870. The van der Waals surface area contributed by atoms with E-state index >= 15 is 0 Å². The number of aryl methyl sites for hydroxylation is 1. The Morgan fingerprint density at radius 2 is 2.14 bits per heavy atom. The molecule has 1 aromatic rings. The van der Waals surface area contributed by atoms with Crippen molar-refractivity contribution in [3.63, 3.8) is 0 Å². The molecule has 0 heterocycles. The first-order valence-electron chi connectivity index (χ1n) is 4.85. The van der Waals surface area contributed by atoms with Gasteiger partial charge < -0.3 is 16.2 Å². The van der Waals surface area contributed by atoms with Gasteiger partial charge in [0.15, 0.2) is 0 Å². The lowest BCUT2D eigenvalue weighted by molar-refractivity contribution is 0.414. The summed E-state index contributed by atoms with van der Waals surface area (Å²) in [6.07, 6.45) is 0.945. The maximum atomic E-state index is 5.90. The number of hydrogen-bond acceptors (Lipinski definition) is 3. The molecule has 0 spiro atoms. The van der Waals surface area contributed by atoms with Gasteiger partial charge in [0.1, 0.15) is 5.75 Å². The molecule has 0 bridgehead atoms. The number of benzene rings is 1. The normalized spacial score (nSPS) is 12.6. The lowest BCUT2D eigenvalue weighted by Gasteiger charge is -2.14. The third kappa shape index (κ3) is 2.25. The summed E-state index contributed by atoms with van der Waals surface area (Å²) in [5, 5.41) is 0. The fourth-order valence-corrected chi connectivity index (χ4v) is 1.50. The maximum Gasteiger partial charge on any atom is 0.119 e. The average molecular weight is 194 g/mol. The van der Waals surface area contributed by atoms with Crippen LogP contribution >= 0.6 is 0 Å². The Bertz CT molecular complexity index is 299. The fraction of sp³-hybridized carbons (Fsp3) is 0.455.